The van der Waals surface area contributed by atoms with Crippen LogP contribution < -0.4 is 14.2 Å². The molecule has 12 rings (SSSR count). The number of rotatable bonds is 2. The van der Waals surface area contributed by atoms with E-state index in [-0.39, 0.29) is 0 Å². The fraction of sp³-hybridized carbons (Fsp3) is 0.0400. The molecule has 0 bridgehead atoms. The van der Waals surface area contributed by atoms with Crippen LogP contribution in [0.3, 0.4) is 0 Å². The van der Waals surface area contributed by atoms with Crippen LogP contribution >= 0.6 is 0 Å². The summed E-state index contributed by atoms with van der Waals surface area (Å²) in [5, 5.41) is 0. The lowest BCUT2D eigenvalue weighted by atomic mass is 9.66. The van der Waals surface area contributed by atoms with Gasteiger partial charge in [0.25, 0.3) is 0 Å². The van der Waals surface area contributed by atoms with Crippen LogP contribution in [0.1, 0.15) is 44.5 Å². The zero-order valence-corrected chi connectivity index (χ0v) is 28.5. The molecule has 248 valence electrons. The highest BCUT2D eigenvalue weighted by Crippen LogP contribution is 2.64. The van der Waals surface area contributed by atoms with E-state index >= 15 is 0 Å². The fourth-order valence-corrected chi connectivity index (χ4v) is 9.94. The molecule has 4 aliphatic rings. The summed E-state index contributed by atoms with van der Waals surface area (Å²) < 4.78 is 20.1. The van der Waals surface area contributed by atoms with Crippen LogP contribution in [0.25, 0.3) is 22.3 Å². The Hall–Kier alpha value is -6.84. The maximum absolute atomic E-state index is 6.85. The molecule has 0 atom stereocenters. The van der Waals surface area contributed by atoms with E-state index in [9.17, 15) is 0 Å². The minimum Gasteiger partial charge on any atom is -0.457 e. The normalized spacial score (nSPS) is 15.0. The number of para-hydroxylation sites is 3. The predicted molar refractivity (Wildman–Crippen MR) is 208 cm³/mol. The van der Waals surface area contributed by atoms with E-state index in [4.69, 9.17) is 14.2 Å². The summed E-state index contributed by atoms with van der Waals surface area (Å²) in [5.41, 5.74) is 13.4. The summed E-state index contributed by atoms with van der Waals surface area (Å²) in [7, 11) is 0. The second kappa shape index (κ2) is 10.4. The molecule has 0 amide bonds. The van der Waals surface area contributed by atoms with Gasteiger partial charge < -0.3 is 14.2 Å². The number of ether oxygens (including phenoxy) is 3. The number of fused-ring (bicyclic) bond motifs is 18. The van der Waals surface area contributed by atoms with E-state index in [0.29, 0.717) is 0 Å². The van der Waals surface area contributed by atoms with Crippen molar-refractivity contribution in [3.63, 3.8) is 0 Å². The van der Waals surface area contributed by atoms with Crippen LogP contribution in [0, 0.1) is 0 Å². The van der Waals surface area contributed by atoms with Gasteiger partial charge in [-0.25, -0.2) is 0 Å². The highest BCUT2D eigenvalue weighted by atomic mass is 16.5. The van der Waals surface area contributed by atoms with Crippen molar-refractivity contribution in [2.75, 3.05) is 0 Å². The quantitative estimate of drug-likeness (QED) is 0.182. The van der Waals surface area contributed by atoms with Gasteiger partial charge in [0.2, 0.25) is 0 Å². The van der Waals surface area contributed by atoms with Gasteiger partial charge in [0.05, 0.1) is 10.8 Å². The number of benzene rings is 8. The molecule has 2 heterocycles. The summed E-state index contributed by atoms with van der Waals surface area (Å²) in [6.07, 6.45) is 0. The fourth-order valence-electron chi connectivity index (χ4n) is 9.94. The summed E-state index contributed by atoms with van der Waals surface area (Å²) in [6.45, 7) is 0. The molecule has 2 aliphatic carbocycles. The second-order valence-electron chi connectivity index (χ2n) is 14.3. The third-order valence-electron chi connectivity index (χ3n) is 11.9. The van der Waals surface area contributed by atoms with Gasteiger partial charge in [0.1, 0.15) is 34.5 Å². The Labute approximate surface area is 307 Å². The maximum Gasteiger partial charge on any atom is 0.135 e. The summed E-state index contributed by atoms with van der Waals surface area (Å²) >= 11 is 0. The van der Waals surface area contributed by atoms with Gasteiger partial charge in [-0.05, 0) is 80.9 Å². The Morgan fingerprint density at radius 2 is 0.642 bits per heavy atom. The molecule has 0 radical (unpaired) electrons. The van der Waals surface area contributed by atoms with Crippen molar-refractivity contribution >= 4 is 0 Å². The molecule has 0 saturated carbocycles. The SMILES string of the molecule is c1ccc2c(c1)Oc1cc(Oc3ccc4c(c3)C3(c5ccccc5Oc5ccccc53)c3ccccc3-4)ccc1C21c2ccccc2-c2ccccc21. The first-order chi connectivity index (χ1) is 26.3. The van der Waals surface area contributed by atoms with Crippen molar-refractivity contribution in [1.82, 2.24) is 0 Å². The van der Waals surface area contributed by atoms with Crippen molar-refractivity contribution in [3.8, 4) is 56.8 Å². The Morgan fingerprint density at radius 1 is 0.283 bits per heavy atom. The summed E-state index contributed by atoms with van der Waals surface area (Å²) in [5.74, 6) is 4.88. The summed E-state index contributed by atoms with van der Waals surface area (Å²) in [4.78, 5) is 0. The van der Waals surface area contributed by atoms with Crippen molar-refractivity contribution in [3.05, 3.63) is 226 Å². The molecule has 8 aromatic carbocycles. The molecule has 0 aromatic heterocycles. The topological polar surface area (TPSA) is 27.7 Å². The smallest absolute Gasteiger partial charge is 0.135 e. The van der Waals surface area contributed by atoms with Crippen molar-refractivity contribution in [2.24, 2.45) is 0 Å². The molecule has 2 aliphatic heterocycles. The zero-order valence-electron chi connectivity index (χ0n) is 28.5. The van der Waals surface area contributed by atoms with Crippen molar-refractivity contribution in [1.29, 1.82) is 0 Å². The lowest BCUT2D eigenvalue weighted by Gasteiger charge is -2.39. The van der Waals surface area contributed by atoms with Gasteiger partial charge >= 0.3 is 0 Å². The first kappa shape index (κ1) is 28.8. The second-order valence-corrected chi connectivity index (χ2v) is 14.3. The molecule has 3 nitrogen and oxygen atoms in total. The first-order valence-electron chi connectivity index (χ1n) is 18.2. The molecule has 3 heteroatoms. The largest absolute Gasteiger partial charge is 0.457 e. The molecule has 0 N–H and O–H groups in total. The Morgan fingerprint density at radius 3 is 1.17 bits per heavy atom. The van der Waals surface area contributed by atoms with Crippen LogP contribution in [0.15, 0.2) is 182 Å². The standard InChI is InChI=1S/C50H30O3/c1-4-16-37-33(13-1)34-14-2-5-17-38(34)49(37)40-19-7-12-24-47(40)53-48-30-32(26-28-43(48)49)51-31-25-27-36-35-15-3-6-18-39(35)50(44(36)29-31)41-20-8-10-22-45(41)52-46-23-11-9-21-42(46)50/h1-30H. The molecular weight excluding hydrogens is 649 g/mol. The van der Waals surface area contributed by atoms with Gasteiger partial charge in [-0.1, -0.05) is 140 Å². The van der Waals surface area contributed by atoms with E-state index < -0.39 is 10.8 Å². The molecule has 0 saturated heterocycles. The third kappa shape index (κ3) is 3.59. The molecule has 0 fully saturated rings. The van der Waals surface area contributed by atoms with Crippen LogP contribution in [-0.2, 0) is 10.8 Å². The number of hydrogen-bond donors (Lipinski definition) is 0. The average molecular weight is 679 g/mol. The van der Waals surface area contributed by atoms with Crippen LogP contribution in [0.4, 0.5) is 0 Å². The van der Waals surface area contributed by atoms with Gasteiger partial charge in [0.15, 0.2) is 0 Å². The highest BCUT2D eigenvalue weighted by molar-refractivity contribution is 5.90. The lowest BCUT2D eigenvalue weighted by molar-refractivity contribution is 0.426. The number of hydrogen-bond acceptors (Lipinski definition) is 3. The van der Waals surface area contributed by atoms with Gasteiger partial charge in [-0.2, -0.15) is 0 Å². The lowest BCUT2D eigenvalue weighted by Crippen LogP contribution is -2.32. The average Bonchev–Trinajstić information content (AvgIpc) is 3.66. The minimum absolute atomic E-state index is 0.508. The van der Waals surface area contributed by atoms with E-state index in [1.165, 1.54) is 44.5 Å². The Balaban J connectivity index is 1.03. The van der Waals surface area contributed by atoms with E-state index in [1.807, 2.05) is 12.1 Å². The van der Waals surface area contributed by atoms with Crippen LogP contribution in [-0.4, -0.2) is 0 Å². The zero-order chi connectivity index (χ0) is 34.7. The van der Waals surface area contributed by atoms with Crippen molar-refractivity contribution < 1.29 is 14.2 Å². The molecule has 2 spiro atoms. The summed E-state index contributed by atoms with van der Waals surface area (Å²) in [6, 6.07) is 64.6. The maximum atomic E-state index is 6.85. The first-order valence-corrected chi connectivity index (χ1v) is 18.2. The van der Waals surface area contributed by atoms with E-state index in [0.717, 1.165) is 56.8 Å². The van der Waals surface area contributed by atoms with Gasteiger partial charge in [-0.15, -0.1) is 0 Å². The Kier molecular flexibility index (Phi) is 5.64. The van der Waals surface area contributed by atoms with Crippen molar-refractivity contribution in [2.45, 2.75) is 10.8 Å². The van der Waals surface area contributed by atoms with E-state index in [1.54, 1.807) is 0 Å². The van der Waals surface area contributed by atoms with Crippen LogP contribution in [0.2, 0.25) is 0 Å². The Bertz CT molecular complexity index is 2760. The van der Waals surface area contributed by atoms with E-state index in [2.05, 4.69) is 170 Å². The monoisotopic (exact) mass is 678 g/mol. The highest BCUT2D eigenvalue weighted by Gasteiger charge is 2.52. The minimum atomic E-state index is -0.560. The molecule has 53 heavy (non-hydrogen) atoms. The molecule has 0 unspecified atom stereocenters. The third-order valence-corrected chi connectivity index (χ3v) is 11.9. The van der Waals surface area contributed by atoms with Gasteiger partial charge in [-0.3, -0.25) is 0 Å². The predicted octanol–water partition coefficient (Wildman–Crippen LogP) is 12.4. The molecular formula is C50H30O3. The van der Waals surface area contributed by atoms with Crippen LogP contribution in [0.5, 0.6) is 34.5 Å². The van der Waals surface area contributed by atoms with Gasteiger partial charge in [0, 0.05) is 28.3 Å². The molecule has 8 aromatic rings.